The molecule has 1 fully saturated rings. The predicted molar refractivity (Wildman–Crippen MR) is 98.4 cm³/mol. The van der Waals surface area contributed by atoms with E-state index in [4.69, 9.17) is 9.47 Å². The third-order valence-corrected chi connectivity index (χ3v) is 4.56. The summed E-state index contributed by atoms with van der Waals surface area (Å²) in [5.74, 6) is -0.0656. The lowest BCUT2D eigenvalue weighted by atomic mass is 10.1. The summed E-state index contributed by atoms with van der Waals surface area (Å²) < 4.78 is 25.2. The number of carboxylic acids is 1. The van der Waals surface area contributed by atoms with Gasteiger partial charge in [-0.05, 0) is 12.1 Å². The molecule has 1 heterocycles. The van der Waals surface area contributed by atoms with Crippen LogP contribution in [-0.4, -0.2) is 48.8 Å². The van der Waals surface area contributed by atoms with Crippen LogP contribution in [0, 0.1) is 5.82 Å². The van der Waals surface area contributed by atoms with Gasteiger partial charge in [-0.1, -0.05) is 30.3 Å². The molecule has 1 aliphatic rings. The number of benzene rings is 2. The fraction of sp³-hybridized carbons (Fsp3) is 0.350. The second kappa shape index (κ2) is 8.83. The highest BCUT2D eigenvalue weighted by atomic mass is 19.1. The van der Waals surface area contributed by atoms with E-state index in [-0.39, 0.29) is 12.4 Å². The average molecular weight is 374 g/mol. The Morgan fingerprint density at radius 1 is 1.26 bits per heavy atom. The minimum atomic E-state index is -0.860. The van der Waals surface area contributed by atoms with Gasteiger partial charge in [0.1, 0.15) is 18.5 Å². The molecule has 1 unspecified atom stereocenters. The lowest BCUT2D eigenvalue weighted by molar-refractivity contribution is -0.140. The Labute approximate surface area is 157 Å². The Kier molecular flexibility index (Phi) is 6.26. The zero-order valence-corrected chi connectivity index (χ0v) is 15.2. The van der Waals surface area contributed by atoms with Crippen molar-refractivity contribution < 1.29 is 23.8 Å². The van der Waals surface area contributed by atoms with Crippen molar-refractivity contribution in [3.8, 4) is 11.5 Å². The summed E-state index contributed by atoms with van der Waals surface area (Å²) >= 11 is 0. The highest BCUT2D eigenvalue weighted by Crippen LogP contribution is 2.33. The number of nitrogens with one attached hydrogen (secondary N) is 1. The van der Waals surface area contributed by atoms with E-state index >= 15 is 0 Å². The van der Waals surface area contributed by atoms with Crippen molar-refractivity contribution in [3.63, 3.8) is 0 Å². The van der Waals surface area contributed by atoms with Gasteiger partial charge in [0.05, 0.1) is 7.11 Å². The first-order chi connectivity index (χ1) is 13.1. The van der Waals surface area contributed by atoms with E-state index in [9.17, 15) is 14.3 Å². The molecule has 1 atom stereocenters. The third-order valence-electron chi connectivity index (χ3n) is 4.56. The molecule has 7 heteroatoms. The SMILES string of the molecule is COc1cccc(CN2CCNC(C(=O)O)C2)c1OCc1ccccc1F. The highest BCUT2D eigenvalue weighted by Gasteiger charge is 2.25. The van der Waals surface area contributed by atoms with E-state index in [1.165, 1.54) is 6.07 Å². The summed E-state index contributed by atoms with van der Waals surface area (Å²) in [5, 5.41) is 12.2. The monoisotopic (exact) mass is 374 g/mol. The first-order valence-electron chi connectivity index (χ1n) is 8.79. The number of carbonyl (C=O) groups is 1. The molecule has 1 saturated heterocycles. The van der Waals surface area contributed by atoms with Crippen molar-refractivity contribution in [2.75, 3.05) is 26.7 Å². The Bertz CT molecular complexity index is 799. The number of nitrogens with zero attached hydrogens (tertiary/aromatic N) is 1. The molecule has 1 aliphatic heterocycles. The van der Waals surface area contributed by atoms with Gasteiger partial charge in [-0.15, -0.1) is 0 Å². The Balaban J connectivity index is 1.77. The van der Waals surface area contributed by atoms with Gasteiger partial charge >= 0.3 is 5.97 Å². The Hall–Kier alpha value is -2.64. The smallest absolute Gasteiger partial charge is 0.322 e. The lowest BCUT2D eigenvalue weighted by Gasteiger charge is -2.32. The third kappa shape index (κ3) is 4.75. The van der Waals surface area contributed by atoms with Crippen LogP contribution in [0.5, 0.6) is 11.5 Å². The number of hydrogen-bond acceptors (Lipinski definition) is 5. The standard InChI is InChI=1S/C20H23FN2O4/c1-26-18-8-4-6-14(11-23-10-9-22-17(12-23)20(24)25)19(18)27-13-15-5-2-3-7-16(15)21/h2-8,17,22H,9-13H2,1H3,(H,24,25). The summed E-state index contributed by atoms with van der Waals surface area (Å²) in [5.41, 5.74) is 1.33. The van der Waals surface area contributed by atoms with Crippen LogP contribution in [0.15, 0.2) is 42.5 Å². The van der Waals surface area contributed by atoms with Crippen LogP contribution >= 0.6 is 0 Å². The number of carboxylic acid groups (broad SMARTS) is 1. The first-order valence-corrected chi connectivity index (χ1v) is 8.79. The van der Waals surface area contributed by atoms with Crippen molar-refractivity contribution in [2.24, 2.45) is 0 Å². The van der Waals surface area contributed by atoms with Crippen LogP contribution < -0.4 is 14.8 Å². The number of ether oxygens (including phenoxy) is 2. The molecule has 0 aliphatic carbocycles. The van der Waals surface area contributed by atoms with Crippen molar-refractivity contribution in [1.82, 2.24) is 10.2 Å². The van der Waals surface area contributed by atoms with Crippen LogP contribution in [-0.2, 0) is 17.9 Å². The molecule has 0 amide bonds. The number of rotatable bonds is 7. The second-order valence-electron chi connectivity index (χ2n) is 6.41. The zero-order chi connectivity index (χ0) is 19.2. The second-order valence-corrected chi connectivity index (χ2v) is 6.41. The number of hydrogen-bond donors (Lipinski definition) is 2. The number of aliphatic carboxylic acids is 1. The highest BCUT2D eigenvalue weighted by molar-refractivity contribution is 5.73. The summed E-state index contributed by atoms with van der Waals surface area (Å²) in [6.07, 6.45) is 0. The van der Waals surface area contributed by atoms with Crippen LogP contribution in [0.25, 0.3) is 0 Å². The maximum absolute atomic E-state index is 13.9. The molecule has 2 aromatic rings. The van der Waals surface area contributed by atoms with E-state index < -0.39 is 12.0 Å². The molecule has 0 saturated carbocycles. The maximum Gasteiger partial charge on any atom is 0.322 e. The fourth-order valence-electron chi connectivity index (χ4n) is 3.14. The number of para-hydroxylation sites is 1. The van der Waals surface area contributed by atoms with Gasteiger partial charge in [-0.3, -0.25) is 9.69 Å². The molecular formula is C20H23FN2O4. The van der Waals surface area contributed by atoms with Crippen molar-refractivity contribution in [2.45, 2.75) is 19.2 Å². The molecule has 0 aromatic heterocycles. The van der Waals surface area contributed by atoms with E-state index in [1.54, 1.807) is 31.4 Å². The van der Waals surface area contributed by atoms with Gasteiger partial charge in [0.2, 0.25) is 0 Å². The lowest BCUT2D eigenvalue weighted by Crippen LogP contribution is -2.53. The van der Waals surface area contributed by atoms with Gasteiger partial charge in [0.25, 0.3) is 0 Å². The minimum absolute atomic E-state index is 0.0827. The summed E-state index contributed by atoms with van der Waals surface area (Å²) in [4.78, 5) is 13.3. The van der Waals surface area contributed by atoms with Crippen LogP contribution in [0.3, 0.4) is 0 Å². The number of halogens is 1. The van der Waals surface area contributed by atoms with Crippen molar-refractivity contribution in [3.05, 3.63) is 59.4 Å². The first kappa shape index (κ1) is 19.1. The van der Waals surface area contributed by atoms with Gasteiger partial charge in [0, 0.05) is 37.3 Å². The quantitative estimate of drug-likeness (QED) is 0.775. The molecule has 0 bridgehead atoms. The molecule has 27 heavy (non-hydrogen) atoms. The molecule has 0 spiro atoms. The summed E-state index contributed by atoms with van der Waals surface area (Å²) in [7, 11) is 1.56. The van der Waals surface area contributed by atoms with Gasteiger partial charge in [-0.25, -0.2) is 4.39 Å². The molecule has 0 radical (unpaired) electrons. The van der Waals surface area contributed by atoms with E-state index in [0.717, 1.165) is 12.1 Å². The number of piperazine rings is 1. The number of methoxy groups -OCH3 is 1. The van der Waals surface area contributed by atoms with Crippen molar-refractivity contribution in [1.29, 1.82) is 0 Å². The van der Waals surface area contributed by atoms with E-state index in [1.807, 2.05) is 12.1 Å². The minimum Gasteiger partial charge on any atom is -0.493 e. The largest absolute Gasteiger partial charge is 0.493 e. The van der Waals surface area contributed by atoms with Crippen LogP contribution in [0.2, 0.25) is 0 Å². The molecule has 144 valence electrons. The predicted octanol–water partition coefficient (Wildman–Crippen LogP) is 2.27. The van der Waals surface area contributed by atoms with Gasteiger partial charge in [0.15, 0.2) is 11.5 Å². The Morgan fingerprint density at radius 2 is 2.04 bits per heavy atom. The van der Waals surface area contributed by atoms with Gasteiger partial charge < -0.3 is 19.9 Å². The average Bonchev–Trinajstić information content (AvgIpc) is 2.68. The topological polar surface area (TPSA) is 71.0 Å². The molecule has 6 nitrogen and oxygen atoms in total. The zero-order valence-electron chi connectivity index (χ0n) is 15.2. The van der Waals surface area contributed by atoms with Crippen molar-refractivity contribution >= 4 is 5.97 Å². The van der Waals surface area contributed by atoms with E-state index in [2.05, 4.69) is 10.2 Å². The Morgan fingerprint density at radius 3 is 2.78 bits per heavy atom. The maximum atomic E-state index is 13.9. The van der Waals surface area contributed by atoms with Crippen LogP contribution in [0.4, 0.5) is 4.39 Å². The molecular weight excluding hydrogens is 351 g/mol. The van der Waals surface area contributed by atoms with Crippen LogP contribution in [0.1, 0.15) is 11.1 Å². The van der Waals surface area contributed by atoms with E-state index in [0.29, 0.717) is 36.7 Å². The molecule has 2 N–H and O–H groups in total. The molecule has 2 aromatic carbocycles. The summed E-state index contributed by atoms with van der Waals surface area (Å²) in [6, 6.07) is 11.4. The fourth-order valence-corrected chi connectivity index (χ4v) is 3.14. The molecule has 3 rings (SSSR count). The van der Waals surface area contributed by atoms with Gasteiger partial charge in [-0.2, -0.15) is 0 Å². The normalized spacial score (nSPS) is 17.5. The summed E-state index contributed by atoms with van der Waals surface area (Å²) in [6.45, 7) is 2.34.